The van der Waals surface area contributed by atoms with Crippen LogP contribution in [-0.4, -0.2) is 34.4 Å². The highest BCUT2D eigenvalue weighted by molar-refractivity contribution is 7.98. The van der Waals surface area contributed by atoms with Crippen LogP contribution in [0.2, 0.25) is 0 Å². The number of thioether (sulfide) groups is 1. The molecule has 0 bridgehead atoms. The van der Waals surface area contributed by atoms with E-state index in [1.165, 1.54) is 0 Å². The van der Waals surface area contributed by atoms with Gasteiger partial charge < -0.3 is 10.4 Å². The Labute approximate surface area is 122 Å². The van der Waals surface area contributed by atoms with Gasteiger partial charge in [-0.1, -0.05) is 0 Å². The number of nitrogens with zero attached hydrogens (tertiary/aromatic N) is 1. The summed E-state index contributed by atoms with van der Waals surface area (Å²) in [6.45, 7) is 2.40. The number of aliphatic hydroxyl groups is 1. The Morgan fingerprint density at radius 2 is 2.47 bits per heavy atom. The summed E-state index contributed by atoms with van der Waals surface area (Å²) in [7, 11) is 0. The van der Waals surface area contributed by atoms with Crippen molar-refractivity contribution in [1.29, 1.82) is 0 Å². The molecule has 2 N–H and O–H groups in total. The maximum atomic E-state index is 11.6. The summed E-state index contributed by atoms with van der Waals surface area (Å²) < 4.78 is 0. The van der Waals surface area contributed by atoms with Crippen LogP contribution >= 0.6 is 23.1 Å². The zero-order valence-electron chi connectivity index (χ0n) is 11.1. The van der Waals surface area contributed by atoms with E-state index in [1.807, 2.05) is 6.92 Å². The Hall–Kier alpha value is -0.590. The van der Waals surface area contributed by atoms with Crippen LogP contribution in [0.1, 0.15) is 30.0 Å². The van der Waals surface area contributed by atoms with Crippen molar-refractivity contribution >= 4 is 29.0 Å². The van der Waals surface area contributed by atoms with Gasteiger partial charge in [-0.05, 0) is 25.7 Å². The Balaban J connectivity index is 1.51. The molecule has 0 radical (unpaired) electrons. The Bertz CT molecular complexity index is 419. The quantitative estimate of drug-likeness (QED) is 0.721. The molecule has 1 aliphatic carbocycles. The maximum Gasteiger partial charge on any atom is 0.220 e. The van der Waals surface area contributed by atoms with E-state index in [-0.39, 0.29) is 12.0 Å². The summed E-state index contributed by atoms with van der Waals surface area (Å²) in [6, 6.07) is 0. The van der Waals surface area contributed by atoms with Crippen molar-refractivity contribution in [2.75, 3.05) is 12.3 Å². The number of aryl methyl sites for hydroxylation is 1. The van der Waals surface area contributed by atoms with Crippen molar-refractivity contribution in [3.63, 3.8) is 0 Å². The highest BCUT2D eigenvalue weighted by atomic mass is 32.2. The second-order valence-corrected chi connectivity index (χ2v) is 7.04. The van der Waals surface area contributed by atoms with Gasteiger partial charge in [0.1, 0.15) is 0 Å². The average Bonchev–Trinajstić information content (AvgIpc) is 3.16. The molecule has 2 rings (SSSR count). The standard InChI is InChI=1S/C13H20N2O2S2/c1-9-15-11(8-19-9)7-18-5-4-13(17)14-6-12(16)10-2-3-10/h8,10,12,16H,2-7H2,1H3,(H,14,17). The molecule has 19 heavy (non-hydrogen) atoms. The molecule has 1 fully saturated rings. The predicted octanol–water partition coefficient (Wildman–Crippen LogP) is 1.96. The lowest BCUT2D eigenvalue weighted by Gasteiger charge is -2.10. The molecule has 0 saturated heterocycles. The fraction of sp³-hybridized carbons (Fsp3) is 0.692. The van der Waals surface area contributed by atoms with Crippen LogP contribution in [0, 0.1) is 12.8 Å². The third-order valence-electron chi connectivity index (χ3n) is 3.06. The van der Waals surface area contributed by atoms with Gasteiger partial charge in [-0.25, -0.2) is 4.98 Å². The first-order valence-corrected chi connectivity index (χ1v) is 8.62. The van der Waals surface area contributed by atoms with Gasteiger partial charge in [0, 0.05) is 29.9 Å². The second-order valence-electron chi connectivity index (χ2n) is 4.87. The lowest BCUT2D eigenvalue weighted by atomic mass is 10.2. The van der Waals surface area contributed by atoms with Gasteiger partial charge in [0.25, 0.3) is 0 Å². The van der Waals surface area contributed by atoms with Crippen LogP contribution < -0.4 is 5.32 Å². The van der Waals surface area contributed by atoms with Crippen molar-refractivity contribution in [2.45, 2.75) is 38.0 Å². The first kappa shape index (κ1) is 14.8. The van der Waals surface area contributed by atoms with E-state index in [1.54, 1.807) is 23.1 Å². The van der Waals surface area contributed by atoms with Crippen molar-refractivity contribution in [3.8, 4) is 0 Å². The highest BCUT2D eigenvalue weighted by Gasteiger charge is 2.29. The second kappa shape index (κ2) is 7.26. The molecule has 106 valence electrons. The number of carbonyl (C=O) groups is 1. The number of amides is 1. The summed E-state index contributed by atoms with van der Waals surface area (Å²) in [5.41, 5.74) is 1.09. The minimum absolute atomic E-state index is 0.0293. The van der Waals surface area contributed by atoms with Gasteiger partial charge in [-0.3, -0.25) is 4.79 Å². The fourth-order valence-corrected chi connectivity index (χ4v) is 3.32. The average molecular weight is 300 g/mol. The van der Waals surface area contributed by atoms with Crippen LogP contribution in [0.15, 0.2) is 5.38 Å². The number of nitrogens with one attached hydrogen (secondary N) is 1. The third-order valence-corrected chi connectivity index (χ3v) is 4.88. The molecule has 6 heteroatoms. The summed E-state index contributed by atoms with van der Waals surface area (Å²) in [5.74, 6) is 2.11. The third kappa shape index (κ3) is 5.50. The fourth-order valence-electron chi connectivity index (χ4n) is 1.77. The summed E-state index contributed by atoms with van der Waals surface area (Å²) in [4.78, 5) is 15.9. The molecule has 0 aliphatic heterocycles. The van der Waals surface area contributed by atoms with Crippen molar-refractivity contribution in [1.82, 2.24) is 10.3 Å². The molecule has 1 aliphatic rings. The lowest BCUT2D eigenvalue weighted by Crippen LogP contribution is -2.33. The minimum Gasteiger partial charge on any atom is -0.391 e. The number of aromatic nitrogens is 1. The summed E-state index contributed by atoms with van der Waals surface area (Å²) >= 11 is 3.38. The first-order valence-electron chi connectivity index (χ1n) is 6.58. The zero-order valence-corrected chi connectivity index (χ0v) is 12.7. The van der Waals surface area contributed by atoms with E-state index in [9.17, 15) is 9.90 Å². The van der Waals surface area contributed by atoms with Gasteiger partial charge >= 0.3 is 0 Å². The molecular weight excluding hydrogens is 280 g/mol. The van der Waals surface area contributed by atoms with E-state index in [2.05, 4.69) is 15.7 Å². The molecule has 4 nitrogen and oxygen atoms in total. The number of rotatable bonds is 8. The maximum absolute atomic E-state index is 11.6. The van der Waals surface area contributed by atoms with Crippen LogP contribution in [0.3, 0.4) is 0 Å². The SMILES string of the molecule is Cc1nc(CSCCC(=O)NCC(O)C2CC2)cs1. The number of carbonyl (C=O) groups excluding carboxylic acids is 1. The normalized spacial score (nSPS) is 16.3. The van der Waals surface area contributed by atoms with Gasteiger partial charge in [0.15, 0.2) is 0 Å². The Morgan fingerprint density at radius 3 is 3.11 bits per heavy atom. The smallest absolute Gasteiger partial charge is 0.220 e. The van der Waals surface area contributed by atoms with Gasteiger partial charge in [-0.15, -0.1) is 11.3 Å². The molecule has 0 aromatic carbocycles. The highest BCUT2D eigenvalue weighted by Crippen LogP contribution is 2.32. The molecule has 0 spiro atoms. The van der Waals surface area contributed by atoms with Gasteiger partial charge in [0.05, 0.1) is 16.8 Å². The number of hydrogen-bond acceptors (Lipinski definition) is 5. The van der Waals surface area contributed by atoms with Crippen molar-refractivity contribution < 1.29 is 9.90 Å². The Kier molecular flexibility index (Phi) is 5.66. The number of aliphatic hydroxyl groups excluding tert-OH is 1. The molecule has 1 saturated carbocycles. The molecule has 1 atom stereocenters. The van der Waals surface area contributed by atoms with E-state index < -0.39 is 0 Å². The zero-order chi connectivity index (χ0) is 13.7. The van der Waals surface area contributed by atoms with Crippen LogP contribution in [0.25, 0.3) is 0 Å². The van der Waals surface area contributed by atoms with Crippen LogP contribution in [-0.2, 0) is 10.5 Å². The predicted molar refractivity (Wildman–Crippen MR) is 79.4 cm³/mol. The summed E-state index contributed by atoms with van der Waals surface area (Å²) in [5, 5.41) is 15.6. The minimum atomic E-state index is -0.352. The molecule has 1 heterocycles. The number of thiazole rings is 1. The molecule has 1 aromatic heterocycles. The van der Waals surface area contributed by atoms with E-state index in [0.717, 1.165) is 35.0 Å². The molecule has 1 amide bonds. The van der Waals surface area contributed by atoms with Crippen LogP contribution in [0.5, 0.6) is 0 Å². The van der Waals surface area contributed by atoms with Gasteiger partial charge in [-0.2, -0.15) is 11.8 Å². The number of hydrogen-bond donors (Lipinski definition) is 2. The van der Waals surface area contributed by atoms with E-state index in [0.29, 0.717) is 18.9 Å². The lowest BCUT2D eigenvalue weighted by molar-refractivity contribution is -0.121. The largest absolute Gasteiger partial charge is 0.391 e. The topological polar surface area (TPSA) is 62.2 Å². The molecular formula is C13H20N2O2S2. The van der Waals surface area contributed by atoms with Gasteiger partial charge in [0.2, 0.25) is 5.91 Å². The Morgan fingerprint density at radius 1 is 1.68 bits per heavy atom. The monoisotopic (exact) mass is 300 g/mol. The van der Waals surface area contributed by atoms with E-state index >= 15 is 0 Å². The van der Waals surface area contributed by atoms with Crippen molar-refractivity contribution in [3.05, 3.63) is 16.1 Å². The molecule has 1 unspecified atom stereocenters. The first-order chi connectivity index (χ1) is 9.15. The van der Waals surface area contributed by atoms with Crippen molar-refractivity contribution in [2.24, 2.45) is 5.92 Å². The van der Waals surface area contributed by atoms with E-state index in [4.69, 9.17) is 0 Å². The van der Waals surface area contributed by atoms with Crippen LogP contribution in [0.4, 0.5) is 0 Å². The molecule has 1 aromatic rings. The summed E-state index contributed by atoms with van der Waals surface area (Å²) in [6.07, 6.45) is 2.35.